The molecule has 1 aliphatic rings. The highest BCUT2D eigenvalue weighted by Gasteiger charge is 2.31. The summed E-state index contributed by atoms with van der Waals surface area (Å²) in [4.78, 5) is 46.6. The number of carboxylic acids is 2. The Bertz CT molecular complexity index is 424. The fourth-order valence-corrected chi connectivity index (χ4v) is 2.00. The number of aliphatic carboxylic acids is 2. The van der Waals surface area contributed by atoms with E-state index in [4.69, 9.17) is 10.2 Å². The van der Waals surface area contributed by atoms with Crippen LogP contribution in [0.5, 0.6) is 0 Å². The first-order valence-corrected chi connectivity index (χ1v) is 6.15. The molecule has 0 aromatic rings. The summed E-state index contributed by atoms with van der Waals surface area (Å²) in [7, 11) is 1.22. The van der Waals surface area contributed by atoms with Gasteiger partial charge in [-0.15, -0.1) is 0 Å². The summed E-state index contributed by atoms with van der Waals surface area (Å²) in [5.41, 5.74) is 0. The third-order valence-electron chi connectivity index (χ3n) is 2.89. The summed E-state index contributed by atoms with van der Waals surface area (Å²) in [6.07, 6.45) is -0.142. The van der Waals surface area contributed by atoms with Crippen LogP contribution in [0.15, 0.2) is 0 Å². The lowest BCUT2D eigenvalue weighted by atomic mass is 10.3. The summed E-state index contributed by atoms with van der Waals surface area (Å²) < 4.78 is 4.44. The molecule has 3 N–H and O–H groups in total. The Balaban J connectivity index is 2.61. The largest absolute Gasteiger partial charge is 0.480 e. The number of alkyl carbamates (subject to hydrolysis) is 1. The molecule has 0 radical (unpaired) electrons. The number of ether oxygens (including phenoxy) is 1. The molecule has 0 bridgehead atoms. The zero-order valence-corrected chi connectivity index (χ0v) is 11.4. The molecular formula is C11H17N3O7. The van der Waals surface area contributed by atoms with Gasteiger partial charge in [0.25, 0.3) is 0 Å². The van der Waals surface area contributed by atoms with Crippen molar-refractivity contribution in [2.45, 2.75) is 12.5 Å². The number of amides is 3. The highest BCUT2D eigenvalue weighted by molar-refractivity contribution is 5.84. The zero-order valence-electron chi connectivity index (χ0n) is 11.4. The van der Waals surface area contributed by atoms with E-state index in [1.807, 2.05) is 0 Å². The molecule has 1 rings (SSSR count). The molecule has 1 fully saturated rings. The van der Waals surface area contributed by atoms with Crippen molar-refractivity contribution in [2.75, 3.05) is 33.3 Å². The predicted octanol–water partition coefficient (Wildman–Crippen LogP) is -0.992. The SMILES string of the molecule is COC(=O)NC1CCN(C(=O)N(CC(=O)O)CC(=O)O)C1. The molecule has 0 aromatic carbocycles. The first kappa shape index (κ1) is 16.5. The molecule has 3 amide bonds. The molecule has 1 heterocycles. The molecule has 10 heteroatoms. The quantitative estimate of drug-likeness (QED) is 0.593. The van der Waals surface area contributed by atoms with Gasteiger partial charge < -0.3 is 30.1 Å². The average Bonchev–Trinajstić information content (AvgIpc) is 2.84. The van der Waals surface area contributed by atoms with E-state index in [9.17, 15) is 19.2 Å². The number of hydrogen-bond acceptors (Lipinski definition) is 5. The van der Waals surface area contributed by atoms with Crippen molar-refractivity contribution in [1.82, 2.24) is 15.1 Å². The van der Waals surface area contributed by atoms with Gasteiger partial charge in [-0.3, -0.25) is 9.59 Å². The molecule has 0 spiro atoms. The summed E-state index contributed by atoms with van der Waals surface area (Å²) in [6.45, 7) is -0.930. The Morgan fingerprint density at radius 3 is 2.29 bits per heavy atom. The van der Waals surface area contributed by atoms with Crippen molar-refractivity contribution < 1.29 is 34.1 Å². The summed E-state index contributed by atoms with van der Waals surface area (Å²) in [5, 5.41) is 20.0. The van der Waals surface area contributed by atoms with Gasteiger partial charge in [0.2, 0.25) is 0 Å². The third kappa shape index (κ3) is 5.16. The number of urea groups is 1. The number of rotatable bonds is 5. The number of carbonyl (C=O) groups is 4. The Hall–Kier alpha value is -2.52. The van der Waals surface area contributed by atoms with Crippen molar-refractivity contribution in [3.8, 4) is 0 Å². The lowest BCUT2D eigenvalue weighted by molar-refractivity contribution is -0.140. The summed E-state index contributed by atoms with van der Waals surface area (Å²) >= 11 is 0. The monoisotopic (exact) mass is 303 g/mol. The molecule has 21 heavy (non-hydrogen) atoms. The van der Waals surface area contributed by atoms with E-state index in [1.54, 1.807) is 0 Å². The second kappa shape index (κ2) is 7.31. The molecule has 0 aromatic heterocycles. The second-order valence-electron chi connectivity index (χ2n) is 4.49. The maximum atomic E-state index is 12.1. The fraction of sp³-hybridized carbons (Fsp3) is 0.636. The Kier molecular flexibility index (Phi) is 5.76. The van der Waals surface area contributed by atoms with Crippen molar-refractivity contribution in [2.24, 2.45) is 0 Å². The lowest BCUT2D eigenvalue weighted by Crippen LogP contribution is -2.47. The Labute approximate surface area is 120 Å². The highest BCUT2D eigenvalue weighted by atomic mass is 16.5. The average molecular weight is 303 g/mol. The molecule has 1 atom stereocenters. The third-order valence-corrected chi connectivity index (χ3v) is 2.89. The van der Waals surface area contributed by atoms with E-state index >= 15 is 0 Å². The topological polar surface area (TPSA) is 136 Å². The van der Waals surface area contributed by atoms with Crippen LogP contribution in [0.1, 0.15) is 6.42 Å². The molecule has 1 saturated heterocycles. The van der Waals surface area contributed by atoms with Gasteiger partial charge in [-0.25, -0.2) is 9.59 Å². The minimum absolute atomic E-state index is 0.170. The molecule has 10 nitrogen and oxygen atoms in total. The molecule has 118 valence electrons. The first-order chi connectivity index (χ1) is 9.83. The Morgan fingerprint density at radius 1 is 1.24 bits per heavy atom. The van der Waals surface area contributed by atoms with Gasteiger partial charge >= 0.3 is 24.1 Å². The van der Waals surface area contributed by atoms with Gasteiger partial charge in [0, 0.05) is 13.1 Å². The van der Waals surface area contributed by atoms with E-state index in [0.29, 0.717) is 13.0 Å². The van der Waals surface area contributed by atoms with Crippen LogP contribution in [-0.2, 0) is 14.3 Å². The second-order valence-corrected chi connectivity index (χ2v) is 4.49. The van der Waals surface area contributed by atoms with Crippen LogP contribution < -0.4 is 5.32 Å². The highest BCUT2D eigenvalue weighted by Crippen LogP contribution is 2.12. The number of carbonyl (C=O) groups excluding carboxylic acids is 2. The van der Waals surface area contributed by atoms with Crippen LogP contribution in [0, 0.1) is 0 Å². The number of nitrogens with one attached hydrogen (secondary N) is 1. The van der Waals surface area contributed by atoms with Gasteiger partial charge in [0.15, 0.2) is 0 Å². The normalized spacial score (nSPS) is 17.2. The predicted molar refractivity (Wildman–Crippen MR) is 67.8 cm³/mol. The molecule has 0 saturated carbocycles. The van der Waals surface area contributed by atoms with Gasteiger partial charge in [-0.1, -0.05) is 0 Å². The van der Waals surface area contributed by atoms with Gasteiger partial charge in [0.1, 0.15) is 13.1 Å². The van der Waals surface area contributed by atoms with E-state index < -0.39 is 37.2 Å². The zero-order chi connectivity index (χ0) is 16.0. The minimum Gasteiger partial charge on any atom is -0.480 e. The standard InChI is InChI=1S/C11H17N3O7/c1-21-10(19)12-7-2-3-13(4-7)11(20)14(5-8(15)16)6-9(17)18/h7H,2-6H2,1H3,(H,12,19)(H,15,16)(H,17,18). The van der Waals surface area contributed by atoms with Gasteiger partial charge in [0.05, 0.1) is 13.2 Å². The van der Waals surface area contributed by atoms with E-state index in [2.05, 4.69) is 10.1 Å². The number of likely N-dealkylation sites (tertiary alicyclic amines) is 1. The smallest absolute Gasteiger partial charge is 0.407 e. The fourth-order valence-electron chi connectivity index (χ4n) is 2.00. The maximum Gasteiger partial charge on any atom is 0.407 e. The molecular weight excluding hydrogens is 286 g/mol. The van der Waals surface area contributed by atoms with E-state index in [0.717, 1.165) is 4.90 Å². The summed E-state index contributed by atoms with van der Waals surface area (Å²) in [5.74, 6) is -2.60. The van der Waals surface area contributed by atoms with E-state index in [-0.39, 0.29) is 12.6 Å². The molecule has 1 aliphatic heterocycles. The first-order valence-electron chi connectivity index (χ1n) is 6.15. The van der Waals surface area contributed by atoms with Crippen molar-refractivity contribution in [3.63, 3.8) is 0 Å². The maximum absolute atomic E-state index is 12.1. The van der Waals surface area contributed by atoms with Crippen molar-refractivity contribution in [3.05, 3.63) is 0 Å². The van der Waals surface area contributed by atoms with Crippen LogP contribution in [0.4, 0.5) is 9.59 Å². The Morgan fingerprint density at radius 2 is 1.81 bits per heavy atom. The lowest BCUT2D eigenvalue weighted by Gasteiger charge is -2.25. The molecule has 0 aliphatic carbocycles. The van der Waals surface area contributed by atoms with Crippen LogP contribution >= 0.6 is 0 Å². The minimum atomic E-state index is -1.30. The van der Waals surface area contributed by atoms with Crippen LogP contribution in [-0.4, -0.2) is 83.4 Å². The van der Waals surface area contributed by atoms with Crippen LogP contribution in [0.2, 0.25) is 0 Å². The van der Waals surface area contributed by atoms with Gasteiger partial charge in [-0.05, 0) is 6.42 Å². The van der Waals surface area contributed by atoms with Crippen LogP contribution in [0.25, 0.3) is 0 Å². The number of nitrogens with zero attached hydrogens (tertiary/aromatic N) is 2. The number of hydrogen-bond donors (Lipinski definition) is 3. The van der Waals surface area contributed by atoms with E-state index in [1.165, 1.54) is 12.0 Å². The number of carboxylic acid groups (broad SMARTS) is 2. The van der Waals surface area contributed by atoms with Crippen molar-refractivity contribution in [1.29, 1.82) is 0 Å². The molecule has 1 unspecified atom stereocenters. The summed E-state index contributed by atoms with van der Waals surface area (Å²) in [6, 6.07) is -0.994. The van der Waals surface area contributed by atoms with Gasteiger partial charge in [-0.2, -0.15) is 0 Å². The number of methoxy groups -OCH3 is 1. The van der Waals surface area contributed by atoms with Crippen LogP contribution in [0.3, 0.4) is 0 Å². The van der Waals surface area contributed by atoms with Crippen molar-refractivity contribution >= 4 is 24.1 Å².